The molecule has 1 aromatic carbocycles. The first-order chi connectivity index (χ1) is 11.6. The lowest BCUT2D eigenvalue weighted by Gasteiger charge is -2.33. The normalized spacial score (nSPS) is 18.0. The van der Waals surface area contributed by atoms with Crippen LogP contribution in [-0.4, -0.2) is 40.1 Å². The molecule has 0 bridgehead atoms. The van der Waals surface area contributed by atoms with Crippen LogP contribution in [0.2, 0.25) is 10.0 Å². The van der Waals surface area contributed by atoms with E-state index in [0.717, 1.165) is 35.6 Å². The summed E-state index contributed by atoms with van der Waals surface area (Å²) >= 11 is 13.3. The highest BCUT2D eigenvalue weighted by Gasteiger charge is 2.29. The van der Waals surface area contributed by atoms with E-state index < -0.39 is 0 Å². The maximum absolute atomic E-state index is 12.8. The summed E-state index contributed by atoms with van der Waals surface area (Å²) in [4.78, 5) is 15.2. The fraction of sp³-hybridized carbons (Fsp3) is 0.438. The highest BCUT2D eigenvalue weighted by Crippen LogP contribution is 2.29. The molecule has 1 atom stereocenters. The van der Waals surface area contributed by atoms with Gasteiger partial charge in [0.25, 0.3) is 5.91 Å². The second kappa shape index (κ2) is 7.78. The average Bonchev–Trinajstić information content (AvgIpc) is 3.02. The van der Waals surface area contributed by atoms with E-state index in [9.17, 15) is 4.79 Å². The van der Waals surface area contributed by atoms with Crippen LogP contribution in [0.4, 0.5) is 0 Å². The largest absolute Gasteiger partial charge is 0.370 e. The van der Waals surface area contributed by atoms with Gasteiger partial charge in [-0.3, -0.25) is 4.79 Å². The van der Waals surface area contributed by atoms with Gasteiger partial charge in [-0.15, -0.1) is 5.10 Å². The van der Waals surface area contributed by atoms with Crippen molar-refractivity contribution in [2.45, 2.75) is 25.9 Å². The molecule has 1 saturated heterocycles. The Labute approximate surface area is 154 Å². The Morgan fingerprint density at radius 1 is 1.38 bits per heavy atom. The smallest absolute Gasteiger partial charge is 0.267 e. The molecule has 2 heterocycles. The number of amides is 1. The van der Waals surface area contributed by atoms with Crippen molar-refractivity contribution in [1.82, 2.24) is 14.5 Å². The van der Waals surface area contributed by atoms with E-state index in [2.05, 4.69) is 16.5 Å². The molecule has 0 aliphatic carbocycles. The molecular weight excluding hydrogens is 369 g/mol. The van der Waals surface area contributed by atoms with Crippen molar-refractivity contribution in [1.29, 1.82) is 0 Å². The molecule has 3 rings (SSSR count). The molecule has 1 amide bonds. The standard InChI is InChI=1S/C16H17Cl2N3O2S/c1-2-3-13-15(24-20-19-13)16(22)21-4-5-23-14(9-21)10-6-11(17)8-12(18)7-10/h6-8,14H,2-5,9H2,1H3. The van der Waals surface area contributed by atoms with Crippen LogP contribution in [-0.2, 0) is 11.2 Å². The van der Waals surface area contributed by atoms with Crippen LogP contribution >= 0.6 is 34.7 Å². The lowest BCUT2D eigenvalue weighted by molar-refractivity contribution is -0.0226. The van der Waals surface area contributed by atoms with Crippen molar-refractivity contribution in [2.75, 3.05) is 19.7 Å². The number of aromatic nitrogens is 2. The third kappa shape index (κ3) is 3.88. The Morgan fingerprint density at radius 2 is 2.12 bits per heavy atom. The van der Waals surface area contributed by atoms with Crippen LogP contribution in [0.25, 0.3) is 0 Å². The molecule has 0 radical (unpaired) electrons. The Kier molecular flexibility index (Phi) is 5.71. The first-order valence-corrected chi connectivity index (χ1v) is 9.29. The number of benzene rings is 1. The van der Waals surface area contributed by atoms with Gasteiger partial charge in [-0.1, -0.05) is 41.0 Å². The SMILES string of the molecule is CCCc1nnsc1C(=O)N1CCOC(c2cc(Cl)cc(Cl)c2)C1. The van der Waals surface area contributed by atoms with Gasteiger partial charge in [-0.2, -0.15) is 0 Å². The van der Waals surface area contributed by atoms with Crippen molar-refractivity contribution < 1.29 is 9.53 Å². The van der Waals surface area contributed by atoms with Gasteiger partial charge in [-0.25, -0.2) is 0 Å². The number of rotatable bonds is 4. The predicted octanol–water partition coefficient (Wildman–Crippen LogP) is 4.01. The van der Waals surface area contributed by atoms with E-state index in [1.54, 1.807) is 11.0 Å². The first-order valence-electron chi connectivity index (χ1n) is 7.76. The van der Waals surface area contributed by atoms with Gasteiger partial charge in [0.2, 0.25) is 0 Å². The minimum Gasteiger partial charge on any atom is -0.370 e. The maximum Gasteiger partial charge on any atom is 0.267 e. The van der Waals surface area contributed by atoms with Gasteiger partial charge in [0.05, 0.1) is 18.8 Å². The number of nitrogens with zero attached hydrogens (tertiary/aromatic N) is 3. The van der Waals surface area contributed by atoms with E-state index in [0.29, 0.717) is 34.6 Å². The Hall–Kier alpha value is -1.21. The topological polar surface area (TPSA) is 55.3 Å². The molecule has 0 N–H and O–H groups in total. The first kappa shape index (κ1) is 17.6. The number of morpholine rings is 1. The summed E-state index contributed by atoms with van der Waals surface area (Å²) in [7, 11) is 0. The zero-order chi connectivity index (χ0) is 17.1. The number of hydrogen-bond acceptors (Lipinski definition) is 5. The molecule has 0 spiro atoms. The van der Waals surface area contributed by atoms with Gasteiger partial charge in [0.1, 0.15) is 11.0 Å². The molecule has 1 unspecified atom stereocenters. The quantitative estimate of drug-likeness (QED) is 0.797. The zero-order valence-corrected chi connectivity index (χ0v) is 15.5. The molecule has 24 heavy (non-hydrogen) atoms. The van der Waals surface area contributed by atoms with Gasteiger partial charge in [-0.05, 0) is 41.7 Å². The molecule has 1 aliphatic rings. The minimum absolute atomic E-state index is 0.0325. The molecule has 5 nitrogen and oxygen atoms in total. The summed E-state index contributed by atoms with van der Waals surface area (Å²) < 4.78 is 9.75. The number of carbonyl (C=O) groups is 1. The Balaban J connectivity index is 1.77. The Morgan fingerprint density at radius 3 is 2.83 bits per heavy atom. The lowest BCUT2D eigenvalue weighted by atomic mass is 10.1. The van der Waals surface area contributed by atoms with Gasteiger partial charge in [0.15, 0.2) is 0 Å². The monoisotopic (exact) mass is 385 g/mol. The van der Waals surface area contributed by atoms with E-state index >= 15 is 0 Å². The molecule has 0 saturated carbocycles. The number of ether oxygens (including phenoxy) is 1. The van der Waals surface area contributed by atoms with Crippen LogP contribution in [0.3, 0.4) is 0 Å². The number of aryl methyl sites for hydroxylation is 1. The number of carbonyl (C=O) groups excluding carboxylic acids is 1. The summed E-state index contributed by atoms with van der Waals surface area (Å²) in [6.07, 6.45) is 1.45. The minimum atomic E-state index is -0.241. The van der Waals surface area contributed by atoms with Crippen molar-refractivity contribution in [2.24, 2.45) is 0 Å². The van der Waals surface area contributed by atoms with Crippen LogP contribution in [0.15, 0.2) is 18.2 Å². The van der Waals surface area contributed by atoms with Crippen LogP contribution in [0.5, 0.6) is 0 Å². The summed E-state index contributed by atoms with van der Waals surface area (Å²) in [5.41, 5.74) is 1.66. The van der Waals surface area contributed by atoms with E-state index in [-0.39, 0.29) is 12.0 Å². The summed E-state index contributed by atoms with van der Waals surface area (Å²) in [6.45, 7) is 3.53. The maximum atomic E-state index is 12.8. The predicted molar refractivity (Wildman–Crippen MR) is 95.0 cm³/mol. The van der Waals surface area contributed by atoms with Gasteiger partial charge < -0.3 is 9.64 Å². The van der Waals surface area contributed by atoms with Crippen LogP contribution in [0, 0.1) is 0 Å². The molecule has 1 aliphatic heterocycles. The second-order valence-electron chi connectivity index (χ2n) is 5.61. The van der Waals surface area contributed by atoms with Crippen molar-refractivity contribution in [3.63, 3.8) is 0 Å². The fourth-order valence-corrected chi connectivity index (χ4v) is 3.93. The van der Waals surface area contributed by atoms with Crippen LogP contribution in [0.1, 0.15) is 40.4 Å². The molecule has 1 fully saturated rings. The number of hydrogen-bond donors (Lipinski definition) is 0. The summed E-state index contributed by atoms with van der Waals surface area (Å²) in [5, 5.41) is 5.19. The van der Waals surface area contributed by atoms with E-state index in [4.69, 9.17) is 27.9 Å². The fourth-order valence-electron chi connectivity index (χ4n) is 2.71. The van der Waals surface area contributed by atoms with Gasteiger partial charge in [0, 0.05) is 16.6 Å². The molecule has 8 heteroatoms. The molecule has 2 aromatic rings. The second-order valence-corrected chi connectivity index (χ2v) is 7.24. The molecular formula is C16H17Cl2N3O2S. The van der Waals surface area contributed by atoms with E-state index in [1.165, 1.54) is 0 Å². The third-order valence-corrected chi connectivity index (χ3v) is 5.04. The molecule has 128 valence electrons. The summed E-state index contributed by atoms with van der Waals surface area (Å²) in [6, 6.07) is 5.32. The Bertz CT molecular complexity index is 718. The van der Waals surface area contributed by atoms with Crippen LogP contribution < -0.4 is 0 Å². The highest BCUT2D eigenvalue weighted by molar-refractivity contribution is 7.08. The van der Waals surface area contributed by atoms with Crippen molar-refractivity contribution >= 4 is 40.6 Å². The third-order valence-electron chi connectivity index (χ3n) is 3.85. The number of halogens is 2. The van der Waals surface area contributed by atoms with E-state index in [1.807, 2.05) is 12.1 Å². The zero-order valence-electron chi connectivity index (χ0n) is 13.2. The van der Waals surface area contributed by atoms with Crippen molar-refractivity contribution in [3.8, 4) is 0 Å². The lowest BCUT2D eigenvalue weighted by Crippen LogP contribution is -2.42. The average molecular weight is 386 g/mol. The summed E-state index contributed by atoms with van der Waals surface area (Å²) in [5.74, 6) is -0.0325. The highest BCUT2D eigenvalue weighted by atomic mass is 35.5. The van der Waals surface area contributed by atoms with Gasteiger partial charge >= 0.3 is 0 Å². The molecule has 1 aromatic heterocycles. The van der Waals surface area contributed by atoms with Crippen molar-refractivity contribution in [3.05, 3.63) is 44.4 Å².